The molecular weight excluding hydrogens is 158 g/mol. The number of hydrogen-bond acceptors (Lipinski definition) is 3. The molecule has 0 saturated carbocycles. The Hall–Kier alpha value is -0.960. The van der Waals surface area contributed by atoms with E-state index in [0.29, 0.717) is 0 Å². The monoisotopic (exact) mass is 167 g/mol. The third-order valence-electron chi connectivity index (χ3n) is 1.16. The molecule has 0 spiro atoms. The lowest BCUT2D eigenvalue weighted by atomic mass is 10.4. The molecule has 0 N–H and O–H groups in total. The van der Waals surface area contributed by atoms with Gasteiger partial charge in [0.05, 0.1) is 0 Å². The number of allylic oxidation sites excluding steroid dienone is 1. The first-order valence-electron chi connectivity index (χ1n) is 3.23. The number of aromatic nitrogens is 1. The topological polar surface area (TPSA) is 26.0 Å². The molecule has 1 heterocycles. The van der Waals surface area contributed by atoms with E-state index < -0.39 is 0 Å². The Morgan fingerprint density at radius 1 is 1.82 bits per heavy atom. The Labute approximate surface area is 70.0 Å². The van der Waals surface area contributed by atoms with Gasteiger partial charge in [0, 0.05) is 11.0 Å². The summed E-state index contributed by atoms with van der Waals surface area (Å²) in [7, 11) is 0. The maximum atomic E-state index is 4.71. The Bertz CT molecular complexity index is 251. The Morgan fingerprint density at radius 3 is 3.09 bits per heavy atom. The van der Waals surface area contributed by atoms with Crippen molar-refractivity contribution in [2.24, 2.45) is 0 Å². The highest BCUT2D eigenvalue weighted by Crippen LogP contribution is 2.25. The Kier molecular flexibility index (Phi) is 2.98. The highest BCUT2D eigenvalue weighted by atomic mass is 32.2. The van der Waals surface area contributed by atoms with Crippen molar-refractivity contribution in [2.75, 3.05) is 0 Å². The third kappa shape index (κ3) is 1.98. The van der Waals surface area contributed by atoms with E-state index in [0.717, 1.165) is 10.6 Å². The van der Waals surface area contributed by atoms with E-state index in [9.17, 15) is 0 Å². The van der Waals surface area contributed by atoms with Crippen molar-refractivity contribution < 1.29 is 4.52 Å². The van der Waals surface area contributed by atoms with Crippen LogP contribution < -0.4 is 0 Å². The predicted molar refractivity (Wildman–Crippen MR) is 47.9 cm³/mol. The zero-order valence-corrected chi connectivity index (χ0v) is 7.10. The van der Waals surface area contributed by atoms with Crippen LogP contribution in [0.3, 0.4) is 0 Å². The van der Waals surface area contributed by atoms with Gasteiger partial charge in [-0.2, -0.15) is 0 Å². The van der Waals surface area contributed by atoms with Crippen LogP contribution in [-0.4, -0.2) is 5.16 Å². The first-order chi connectivity index (χ1) is 5.38. The highest BCUT2D eigenvalue weighted by Gasteiger charge is 2.01. The average molecular weight is 167 g/mol. The lowest BCUT2D eigenvalue weighted by Crippen LogP contribution is -1.75. The van der Waals surface area contributed by atoms with E-state index in [1.807, 2.05) is 19.1 Å². The molecule has 1 aromatic rings. The molecule has 1 aromatic heterocycles. The number of hydrogen-bond donors (Lipinski definition) is 0. The van der Waals surface area contributed by atoms with Crippen LogP contribution in [0.15, 0.2) is 34.9 Å². The summed E-state index contributed by atoms with van der Waals surface area (Å²) in [6, 6.07) is 1.83. The van der Waals surface area contributed by atoms with Crippen molar-refractivity contribution in [2.45, 2.75) is 6.92 Å². The third-order valence-corrected chi connectivity index (χ3v) is 2.03. The van der Waals surface area contributed by atoms with Crippen molar-refractivity contribution in [3.05, 3.63) is 36.1 Å². The largest absolute Gasteiger partial charge is 0.364 e. The van der Waals surface area contributed by atoms with Gasteiger partial charge in [0.25, 0.3) is 0 Å². The first-order valence-corrected chi connectivity index (χ1v) is 4.11. The summed E-state index contributed by atoms with van der Waals surface area (Å²) in [4.78, 5) is 1.06. The molecule has 3 heteroatoms. The van der Waals surface area contributed by atoms with Crippen LogP contribution in [0.1, 0.15) is 12.6 Å². The van der Waals surface area contributed by atoms with Crippen molar-refractivity contribution in [3.63, 3.8) is 0 Å². The summed E-state index contributed by atoms with van der Waals surface area (Å²) >= 11 is 1.54. The molecule has 58 valence electrons. The second-order valence-corrected chi connectivity index (χ2v) is 2.83. The lowest BCUT2D eigenvalue weighted by molar-refractivity contribution is 0.418. The van der Waals surface area contributed by atoms with Crippen LogP contribution >= 0.6 is 11.8 Å². The molecule has 0 atom stereocenters. The molecule has 0 saturated heterocycles. The van der Waals surface area contributed by atoms with Gasteiger partial charge in [0.15, 0.2) is 0 Å². The second kappa shape index (κ2) is 4.03. The zero-order chi connectivity index (χ0) is 8.10. The van der Waals surface area contributed by atoms with E-state index >= 15 is 0 Å². The van der Waals surface area contributed by atoms with Crippen LogP contribution in [0.5, 0.6) is 0 Å². The van der Waals surface area contributed by atoms with Crippen LogP contribution in [0, 0.1) is 0 Å². The van der Waals surface area contributed by atoms with Gasteiger partial charge in [-0.05, 0) is 12.3 Å². The molecule has 0 unspecified atom stereocenters. The summed E-state index contributed by atoms with van der Waals surface area (Å²) in [5, 5.41) is 5.56. The second-order valence-electron chi connectivity index (χ2n) is 1.82. The molecule has 11 heavy (non-hydrogen) atoms. The van der Waals surface area contributed by atoms with Crippen molar-refractivity contribution in [1.29, 1.82) is 0 Å². The molecule has 0 aliphatic rings. The van der Waals surface area contributed by atoms with E-state index in [1.165, 1.54) is 11.8 Å². The van der Waals surface area contributed by atoms with Crippen molar-refractivity contribution in [1.82, 2.24) is 5.16 Å². The summed E-state index contributed by atoms with van der Waals surface area (Å²) in [6.07, 6.45) is 3.53. The Balaban J connectivity index is 2.80. The minimum atomic E-state index is 0.859. The molecule has 0 aliphatic heterocycles. The molecule has 0 radical (unpaired) electrons. The molecule has 0 amide bonds. The van der Waals surface area contributed by atoms with Crippen LogP contribution in [0.2, 0.25) is 0 Å². The standard InChI is InChI=1S/C8H9NOS/c1-3-8(11-4-2)7-5-6-10-9-7/h3-6H,2H2,1H3/b8-3-. The van der Waals surface area contributed by atoms with E-state index in [2.05, 4.69) is 11.7 Å². The number of nitrogens with zero attached hydrogens (tertiary/aromatic N) is 1. The molecule has 0 aliphatic carbocycles. The fourth-order valence-electron chi connectivity index (χ4n) is 0.706. The van der Waals surface area contributed by atoms with E-state index in [1.54, 1.807) is 11.7 Å². The van der Waals surface area contributed by atoms with Gasteiger partial charge in [0.2, 0.25) is 0 Å². The molecular formula is C8H9NOS. The fourth-order valence-corrected chi connectivity index (χ4v) is 1.25. The fraction of sp³-hybridized carbons (Fsp3) is 0.125. The maximum absolute atomic E-state index is 4.71. The summed E-state index contributed by atoms with van der Waals surface area (Å²) in [5.74, 6) is 0. The molecule has 0 aromatic carbocycles. The quantitative estimate of drug-likeness (QED) is 0.692. The van der Waals surface area contributed by atoms with Gasteiger partial charge >= 0.3 is 0 Å². The summed E-state index contributed by atoms with van der Waals surface area (Å²) < 4.78 is 4.71. The Morgan fingerprint density at radius 2 is 2.64 bits per heavy atom. The van der Waals surface area contributed by atoms with Gasteiger partial charge in [-0.15, -0.1) is 0 Å². The lowest BCUT2D eigenvalue weighted by Gasteiger charge is -1.94. The average Bonchev–Trinajstić information content (AvgIpc) is 2.52. The van der Waals surface area contributed by atoms with Gasteiger partial charge in [-0.25, -0.2) is 0 Å². The van der Waals surface area contributed by atoms with E-state index in [-0.39, 0.29) is 0 Å². The summed E-state index contributed by atoms with van der Waals surface area (Å²) in [5.41, 5.74) is 0.859. The number of thioether (sulfide) groups is 1. The molecule has 1 rings (SSSR count). The summed E-state index contributed by atoms with van der Waals surface area (Å²) in [6.45, 7) is 5.58. The molecule has 2 nitrogen and oxygen atoms in total. The normalized spacial score (nSPS) is 11.5. The smallest absolute Gasteiger partial charge is 0.124 e. The SMILES string of the molecule is C=CS/C(=C\C)c1ccon1. The van der Waals surface area contributed by atoms with Gasteiger partial charge in [-0.1, -0.05) is 29.6 Å². The number of rotatable bonds is 3. The minimum absolute atomic E-state index is 0.859. The predicted octanol–water partition coefficient (Wildman–Crippen LogP) is 2.91. The first kappa shape index (κ1) is 8.14. The highest BCUT2D eigenvalue weighted by molar-refractivity contribution is 8.10. The minimum Gasteiger partial charge on any atom is -0.364 e. The van der Waals surface area contributed by atoms with Gasteiger partial charge in [-0.3, -0.25) is 0 Å². The molecule has 0 bridgehead atoms. The van der Waals surface area contributed by atoms with Crippen molar-refractivity contribution in [3.8, 4) is 0 Å². The zero-order valence-electron chi connectivity index (χ0n) is 6.28. The maximum Gasteiger partial charge on any atom is 0.124 e. The van der Waals surface area contributed by atoms with Crippen molar-refractivity contribution >= 4 is 16.7 Å². The van der Waals surface area contributed by atoms with E-state index in [4.69, 9.17) is 4.52 Å². The van der Waals surface area contributed by atoms with Gasteiger partial charge < -0.3 is 4.52 Å². The van der Waals surface area contributed by atoms with Crippen LogP contribution in [0.4, 0.5) is 0 Å². The molecule has 0 fully saturated rings. The van der Waals surface area contributed by atoms with Crippen LogP contribution in [0.25, 0.3) is 4.91 Å². The van der Waals surface area contributed by atoms with Gasteiger partial charge in [0.1, 0.15) is 12.0 Å². The van der Waals surface area contributed by atoms with Crippen LogP contribution in [-0.2, 0) is 0 Å².